The highest BCUT2D eigenvalue weighted by atomic mass is 35.5. The van der Waals surface area contributed by atoms with Crippen LogP contribution in [-0.2, 0) is 13.6 Å². The van der Waals surface area contributed by atoms with Crippen molar-refractivity contribution in [3.8, 4) is 0 Å². The molecule has 0 N–H and O–H groups in total. The Bertz CT molecular complexity index is 394. The number of alkyl halides is 1. The Morgan fingerprint density at radius 3 is 2.62 bits per heavy atom. The molecule has 1 heterocycles. The molecule has 72 valence electrons. The minimum Gasteiger partial charge on any atom is -0.312 e. The number of nitrogens with zero attached hydrogens (tertiary/aromatic N) is 2. The molecule has 1 aromatic rings. The number of halogens is 1. The van der Waals surface area contributed by atoms with Crippen molar-refractivity contribution < 1.29 is 0 Å². The van der Waals surface area contributed by atoms with E-state index in [0.29, 0.717) is 18.8 Å². The Morgan fingerprint density at radius 1 is 1.31 bits per heavy atom. The molecule has 0 aliphatic rings. The van der Waals surface area contributed by atoms with Crippen molar-refractivity contribution in [3.63, 3.8) is 0 Å². The van der Waals surface area contributed by atoms with Crippen LogP contribution in [0.2, 0.25) is 0 Å². The fraction of sp³-hybridized carbons (Fsp3) is 0.500. The molecule has 0 fully saturated rings. The van der Waals surface area contributed by atoms with E-state index in [1.165, 1.54) is 9.13 Å². The molecule has 0 saturated carbocycles. The normalized spacial score (nSPS) is 10.3. The van der Waals surface area contributed by atoms with Crippen LogP contribution in [0.5, 0.6) is 0 Å². The van der Waals surface area contributed by atoms with Crippen LogP contribution in [0.3, 0.4) is 0 Å². The lowest BCUT2D eigenvalue weighted by Gasteiger charge is -2.03. The second-order valence-electron chi connectivity index (χ2n) is 2.76. The summed E-state index contributed by atoms with van der Waals surface area (Å²) in [6, 6.07) is 0. The van der Waals surface area contributed by atoms with Gasteiger partial charge in [0.2, 0.25) is 0 Å². The molecule has 0 radical (unpaired) electrons. The van der Waals surface area contributed by atoms with E-state index >= 15 is 0 Å². The topological polar surface area (TPSA) is 44.0 Å². The lowest BCUT2D eigenvalue weighted by molar-refractivity contribution is 0.626. The minimum absolute atomic E-state index is 0.488. The van der Waals surface area contributed by atoms with E-state index in [4.69, 9.17) is 11.6 Å². The SMILES string of the molecule is Cn1ccn(CCCCl)c(=O)c1=O. The molecule has 4 nitrogen and oxygen atoms in total. The first-order valence-corrected chi connectivity index (χ1v) is 4.52. The molecule has 0 atom stereocenters. The number of hydrogen-bond acceptors (Lipinski definition) is 2. The average Bonchev–Trinajstić information content (AvgIpc) is 2.13. The van der Waals surface area contributed by atoms with Crippen LogP contribution in [0.15, 0.2) is 22.0 Å². The van der Waals surface area contributed by atoms with E-state index in [2.05, 4.69) is 0 Å². The van der Waals surface area contributed by atoms with E-state index in [1.807, 2.05) is 0 Å². The van der Waals surface area contributed by atoms with E-state index in [9.17, 15) is 9.59 Å². The molecule has 0 bridgehead atoms. The summed E-state index contributed by atoms with van der Waals surface area (Å²) in [6.07, 6.45) is 3.85. The molecule has 0 spiro atoms. The van der Waals surface area contributed by atoms with Gasteiger partial charge in [-0.3, -0.25) is 9.59 Å². The molecule has 0 amide bonds. The van der Waals surface area contributed by atoms with Crippen LogP contribution >= 0.6 is 11.6 Å². The summed E-state index contributed by atoms with van der Waals surface area (Å²) < 4.78 is 2.64. The Labute approximate surface area is 80.4 Å². The zero-order valence-electron chi connectivity index (χ0n) is 7.36. The smallest absolute Gasteiger partial charge is 0.312 e. The van der Waals surface area contributed by atoms with Crippen molar-refractivity contribution in [2.24, 2.45) is 7.05 Å². The van der Waals surface area contributed by atoms with Crippen molar-refractivity contribution in [3.05, 3.63) is 33.1 Å². The van der Waals surface area contributed by atoms with E-state index in [-0.39, 0.29) is 0 Å². The lowest BCUT2D eigenvalue weighted by atomic mass is 10.4. The highest BCUT2D eigenvalue weighted by Crippen LogP contribution is 1.87. The van der Waals surface area contributed by atoms with Gasteiger partial charge in [-0.25, -0.2) is 0 Å². The molecule has 13 heavy (non-hydrogen) atoms. The summed E-state index contributed by atoms with van der Waals surface area (Å²) >= 11 is 5.48. The van der Waals surface area contributed by atoms with Crippen LogP contribution in [0.4, 0.5) is 0 Å². The summed E-state index contributed by atoms with van der Waals surface area (Å²) in [4.78, 5) is 22.4. The fourth-order valence-corrected chi connectivity index (χ4v) is 1.12. The second kappa shape index (κ2) is 4.28. The highest BCUT2D eigenvalue weighted by Gasteiger charge is 2.00. The highest BCUT2D eigenvalue weighted by molar-refractivity contribution is 6.17. The van der Waals surface area contributed by atoms with Gasteiger partial charge in [0.25, 0.3) is 0 Å². The predicted molar refractivity (Wildman–Crippen MR) is 51.3 cm³/mol. The summed E-state index contributed by atoms with van der Waals surface area (Å²) in [5.41, 5.74) is -0.993. The van der Waals surface area contributed by atoms with Gasteiger partial charge in [0.05, 0.1) is 0 Å². The molecule has 0 aliphatic carbocycles. The summed E-state index contributed by atoms with van der Waals surface area (Å²) in [7, 11) is 1.55. The zero-order chi connectivity index (χ0) is 9.84. The fourth-order valence-electron chi connectivity index (χ4n) is 0.996. The van der Waals surface area contributed by atoms with Gasteiger partial charge in [0, 0.05) is 31.9 Å². The molecule has 0 aliphatic heterocycles. The van der Waals surface area contributed by atoms with Crippen LogP contribution < -0.4 is 11.1 Å². The molecular weight excluding hydrogens is 192 g/mol. The summed E-state index contributed by atoms with van der Waals surface area (Å²) in [6.45, 7) is 0.498. The van der Waals surface area contributed by atoms with Gasteiger partial charge in [-0.1, -0.05) is 0 Å². The van der Waals surface area contributed by atoms with Gasteiger partial charge in [0.15, 0.2) is 0 Å². The predicted octanol–water partition coefficient (Wildman–Crippen LogP) is 0.176. The quantitative estimate of drug-likeness (QED) is 0.518. The number of aromatic nitrogens is 2. The third-order valence-electron chi connectivity index (χ3n) is 1.77. The maximum absolute atomic E-state index is 11.3. The Balaban J connectivity index is 3.05. The molecule has 0 saturated heterocycles. The molecule has 0 unspecified atom stereocenters. The van der Waals surface area contributed by atoms with Crippen molar-refractivity contribution in [2.45, 2.75) is 13.0 Å². The van der Waals surface area contributed by atoms with Gasteiger partial charge in [-0.2, -0.15) is 0 Å². The van der Waals surface area contributed by atoms with E-state index in [0.717, 1.165) is 0 Å². The third kappa shape index (κ3) is 2.21. The molecular formula is C8H11ClN2O2. The lowest BCUT2D eigenvalue weighted by Crippen LogP contribution is -2.39. The van der Waals surface area contributed by atoms with Gasteiger partial charge >= 0.3 is 11.1 Å². The molecule has 1 rings (SSSR count). The van der Waals surface area contributed by atoms with Crippen molar-refractivity contribution in [1.82, 2.24) is 9.13 Å². The van der Waals surface area contributed by atoms with Crippen molar-refractivity contribution in [2.75, 3.05) is 5.88 Å². The maximum Gasteiger partial charge on any atom is 0.316 e. The Morgan fingerprint density at radius 2 is 2.00 bits per heavy atom. The van der Waals surface area contributed by atoms with Crippen molar-refractivity contribution >= 4 is 11.6 Å². The number of rotatable bonds is 3. The van der Waals surface area contributed by atoms with Gasteiger partial charge in [-0.05, 0) is 6.42 Å². The first-order chi connectivity index (χ1) is 6.16. The first kappa shape index (κ1) is 10.1. The van der Waals surface area contributed by atoms with Gasteiger partial charge < -0.3 is 9.13 Å². The van der Waals surface area contributed by atoms with Gasteiger partial charge in [0.1, 0.15) is 0 Å². The summed E-state index contributed by atoms with van der Waals surface area (Å²) in [5.74, 6) is 0.488. The average molecular weight is 203 g/mol. The van der Waals surface area contributed by atoms with Crippen molar-refractivity contribution in [1.29, 1.82) is 0 Å². The van der Waals surface area contributed by atoms with Crippen LogP contribution in [0.25, 0.3) is 0 Å². The maximum atomic E-state index is 11.3. The number of hydrogen-bond donors (Lipinski definition) is 0. The van der Waals surface area contributed by atoms with Crippen LogP contribution in [0, 0.1) is 0 Å². The van der Waals surface area contributed by atoms with Gasteiger partial charge in [-0.15, -0.1) is 11.6 Å². The van der Waals surface area contributed by atoms with Crippen LogP contribution in [-0.4, -0.2) is 15.0 Å². The molecule has 5 heteroatoms. The van der Waals surface area contributed by atoms with E-state index < -0.39 is 11.1 Å². The summed E-state index contributed by atoms with van der Waals surface area (Å²) in [5, 5.41) is 0. The van der Waals surface area contributed by atoms with Crippen LogP contribution in [0.1, 0.15) is 6.42 Å². The Kier molecular flexibility index (Phi) is 3.31. The van der Waals surface area contributed by atoms with E-state index in [1.54, 1.807) is 19.4 Å². The third-order valence-corrected chi connectivity index (χ3v) is 2.03. The largest absolute Gasteiger partial charge is 0.316 e. The molecule has 1 aromatic heterocycles. The Hall–Kier alpha value is -1.03. The minimum atomic E-state index is -0.503. The number of aryl methyl sites for hydroxylation is 2. The molecule has 0 aromatic carbocycles. The zero-order valence-corrected chi connectivity index (χ0v) is 8.12. The monoisotopic (exact) mass is 202 g/mol. The second-order valence-corrected chi connectivity index (χ2v) is 3.13. The first-order valence-electron chi connectivity index (χ1n) is 3.99. The standard InChI is InChI=1S/C8H11ClN2O2/c1-10-5-6-11(4-2-3-9)8(13)7(10)12/h5-6H,2-4H2,1H3.